The van der Waals surface area contributed by atoms with Crippen LogP contribution in [0.5, 0.6) is 0 Å². The first-order valence-electron chi connectivity index (χ1n) is 5.55. The van der Waals surface area contributed by atoms with Crippen LogP contribution < -0.4 is 4.90 Å². The predicted molar refractivity (Wildman–Crippen MR) is 58.7 cm³/mol. The Labute approximate surface area is 90.0 Å². The van der Waals surface area contributed by atoms with Crippen molar-refractivity contribution in [1.29, 1.82) is 0 Å². The van der Waals surface area contributed by atoms with Gasteiger partial charge in [-0.3, -0.25) is 4.98 Å². The number of aliphatic hydroxyl groups is 1. The van der Waals surface area contributed by atoms with Crippen molar-refractivity contribution < 1.29 is 5.11 Å². The lowest BCUT2D eigenvalue weighted by Crippen LogP contribution is -2.30. The molecule has 0 spiro atoms. The van der Waals surface area contributed by atoms with Crippen molar-refractivity contribution in [3.8, 4) is 0 Å². The molecular formula is C11H17N3O. The quantitative estimate of drug-likeness (QED) is 0.806. The molecule has 82 valence electrons. The van der Waals surface area contributed by atoms with Crippen molar-refractivity contribution in [1.82, 2.24) is 9.97 Å². The Morgan fingerprint density at radius 3 is 3.13 bits per heavy atom. The Balaban J connectivity index is 2.01. The standard InChI is InChI=1S/C11H17N3O/c15-8-2-4-10-3-1-7-14(10)11-9-12-5-6-13-11/h5-6,9-10,15H,1-4,7-8H2. The molecule has 0 saturated carbocycles. The molecule has 2 heterocycles. The second kappa shape index (κ2) is 5.07. The fourth-order valence-electron chi connectivity index (χ4n) is 2.20. The summed E-state index contributed by atoms with van der Waals surface area (Å²) in [6.45, 7) is 1.35. The number of rotatable bonds is 4. The lowest BCUT2D eigenvalue weighted by Gasteiger charge is -2.24. The highest BCUT2D eigenvalue weighted by Crippen LogP contribution is 2.25. The summed E-state index contributed by atoms with van der Waals surface area (Å²) in [5, 5.41) is 8.84. The Hall–Kier alpha value is -1.16. The van der Waals surface area contributed by atoms with Gasteiger partial charge in [-0.2, -0.15) is 0 Å². The highest BCUT2D eigenvalue weighted by molar-refractivity contribution is 5.38. The zero-order valence-electron chi connectivity index (χ0n) is 8.84. The second-order valence-electron chi connectivity index (χ2n) is 3.92. The molecule has 1 saturated heterocycles. The largest absolute Gasteiger partial charge is 0.396 e. The van der Waals surface area contributed by atoms with Crippen LogP contribution >= 0.6 is 0 Å². The smallest absolute Gasteiger partial charge is 0.147 e. The molecule has 1 fully saturated rings. The topological polar surface area (TPSA) is 49.2 Å². The SMILES string of the molecule is OCCCC1CCCN1c1cnccn1. The highest BCUT2D eigenvalue weighted by Gasteiger charge is 2.24. The maximum Gasteiger partial charge on any atom is 0.147 e. The Morgan fingerprint density at radius 2 is 2.40 bits per heavy atom. The van der Waals surface area contributed by atoms with E-state index in [4.69, 9.17) is 5.11 Å². The van der Waals surface area contributed by atoms with Crippen LogP contribution in [0, 0.1) is 0 Å². The number of anilines is 1. The molecule has 4 heteroatoms. The molecule has 1 atom stereocenters. The summed E-state index contributed by atoms with van der Waals surface area (Å²) in [6.07, 6.45) is 9.59. The normalized spacial score (nSPS) is 20.9. The highest BCUT2D eigenvalue weighted by atomic mass is 16.2. The van der Waals surface area contributed by atoms with Gasteiger partial charge in [0.05, 0.1) is 6.20 Å². The summed E-state index contributed by atoms with van der Waals surface area (Å²) < 4.78 is 0. The van der Waals surface area contributed by atoms with E-state index in [9.17, 15) is 0 Å². The van der Waals surface area contributed by atoms with Crippen molar-refractivity contribution in [3.63, 3.8) is 0 Å². The average Bonchev–Trinajstić information content (AvgIpc) is 2.75. The van der Waals surface area contributed by atoms with E-state index in [1.807, 2.05) is 6.20 Å². The van der Waals surface area contributed by atoms with Crippen LogP contribution in [0.2, 0.25) is 0 Å². The minimum Gasteiger partial charge on any atom is -0.396 e. The van der Waals surface area contributed by atoms with Crippen LogP contribution in [0.25, 0.3) is 0 Å². The monoisotopic (exact) mass is 207 g/mol. The zero-order chi connectivity index (χ0) is 10.5. The molecule has 15 heavy (non-hydrogen) atoms. The van der Waals surface area contributed by atoms with Crippen LogP contribution in [0.15, 0.2) is 18.6 Å². The van der Waals surface area contributed by atoms with Gasteiger partial charge in [-0.25, -0.2) is 4.98 Å². The molecule has 1 aromatic rings. The van der Waals surface area contributed by atoms with Crippen LogP contribution in [0.4, 0.5) is 5.82 Å². The summed E-state index contributed by atoms with van der Waals surface area (Å²) in [7, 11) is 0. The second-order valence-corrected chi connectivity index (χ2v) is 3.92. The molecule has 0 radical (unpaired) electrons. The van der Waals surface area contributed by atoms with Gasteiger partial charge >= 0.3 is 0 Å². The first-order valence-corrected chi connectivity index (χ1v) is 5.55. The minimum atomic E-state index is 0.283. The predicted octanol–water partition coefficient (Wildman–Crippen LogP) is 1.22. The van der Waals surface area contributed by atoms with E-state index in [-0.39, 0.29) is 6.61 Å². The van der Waals surface area contributed by atoms with Gasteiger partial charge in [0.25, 0.3) is 0 Å². The van der Waals surface area contributed by atoms with Crippen LogP contribution in [-0.4, -0.2) is 34.3 Å². The van der Waals surface area contributed by atoms with Crippen molar-refractivity contribution in [3.05, 3.63) is 18.6 Å². The number of nitrogens with zero attached hydrogens (tertiary/aromatic N) is 3. The molecule has 0 bridgehead atoms. The van der Waals surface area contributed by atoms with Crippen molar-refractivity contribution in [2.75, 3.05) is 18.1 Å². The lowest BCUT2D eigenvalue weighted by molar-refractivity contribution is 0.279. The van der Waals surface area contributed by atoms with Crippen molar-refractivity contribution in [2.45, 2.75) is 31.7 Å². The Morgan fingerprint density at radius 1 is 1.47 bits per heavy atom. The fourth-order valence-corrected chi connectivity index (χ4v) is 2.20. The first-order chi connectivity index (χ1) is 7.42. The molecule has 1 N–H and O–H groups in total. The van der Waals surface area contributed by atoms with Crippen LogP contribution in [-0.2, 0) is 0 Å². The molecule has 0 amide bonds. The summed E-state index contributed by atoms with van der Waals surface area (Å²) in [5.74, 6) is 0.970. The van der Waals surface area contributed by atoms with Gasteiger partial charge in [0.2, 0.25) is 0 Å². The third-order valence-electron chi connectivity index (χ3n) is 2.92. The molecule has 1 aliphatic rings. The first kappa shape index (κ1) is 10.4. The third-order valence-corrected chi connectivity index (χ3v) is 2.92. The number of aromatic nitrogens is 2. The van der Waals surface area contributed by atoms with E-state index in [1.165, 1.54) is 12.8 Å². The zero-order valence-corrected chi connectivity index (χ0v) is 8.84. The average molecular weight is 207 g/mol. The van der Waals surface area contributed by atoms with E-state index in [0.29, 0.717) is 6.04 Å². The summed E-state index contributed by atoms with van der Waals surface area (Å²) in [5.41, 5.74) is 0. The Kier molecular flexibility index (Phi) is 3.50. The number of aliphatic hydroxyl groups excluding tert-OH is 1. The van der Waals surface area contributed by atoms with Gasteiger partial charge in [0.15, 0.2) is 0 Å². The maximum atomic E-state index is 8.84. The molecule has 2 rings (SSSR count). The molecule has 0 aliphatic carbocycles. The molecule has 4 nitrogen and oxygen atoms in total. The molecule has 1 aromatic heterocycles. The van der Waals surface area contributed by atoms with E-state index >= 15 is 0 Å². The van der Waals surface area contributed by atoms with E-state index < -0.39 is 0 Å². The van der Waals surface area contributed by atoms with Gasteiger partial charge in [0, 0.05) is 31.6 Å². The number of hydrogen-bond acceptors (Lipinski definition) is 4. The van der Waals surface area contributed by atoms with Gasteiger partial charge in [-0.05, 0) is 25.7 Å². The van der Waals surface area contributed by atoms with E-state index in [1.54, 1.807) is 12.4 Å². The molecule has 0 aromatic carbocycles. The maximum absolute atomic E-state index is 8.84. The molecule has 1 aliphatic heterocycles. The van der Waals surface area contributed by atoms with Crippen LogP contribution in [0.1, 0.15) is 25.7 Å². The van der Waals surface area contributed by atoms with Crippen molar-refractivity contribution >= 4 is 5.82 Å². The van der Waals surface area contributed by atoms with E-state index in [2.05, 4.69) is 14.9 Å². The van der Waals surface area contributed by atoms with E-state index in [0.717, 1.165) is 25.2 Å². The summed E-state index contributed by atoms with van der Waals surface area (Å²) in [6, 6.07) is 0.536. The number of hydrogen-bond donors (Lipinski definition) is 1. The Bertz CT molecular complexity index is 291. The third kappa shape index (κ3) is 2.45. The van der Waals surface area contributed by atoms with Gasteiger partial charge in [-0.1, -0.05) is 0 Å². The summed E-state index contributed by atoms with van der Waals surface area (Å²) >= 11 is 0. The summed E-state index contributed by atoms with van der Waals surface area (Å²) in [4.78, 5) is 10.7. The van der Waals surface area contributed by atoms with Gasteiger partial charge < -0.3 is 10.0 Å². The molecule has 1 unspecified atom stereocenters. The van der Waals surface area contributed by atoms with Gasteiger partial charge in [0.1, 0.15) is 5.82 Å². The van der Waals surface area contributed by atoms with Crippen LogP contribution in [0.3, 0.4) is 0 Å². The van der Waals surface area contributed by atoms with Crippen molar-refractivity contribution in [2.24, 2.45) is 0 Å². The lowest BCUT2D eigenvalue weighted by atomic mass is 10.1. The van der Waals surface area contributed by atoms with Gasteiger partial charge in [-0.15, -0.1) is 0 Å². The molecular weight excluding hydrogens is 190 g/mol. The minimum absolute atomic E-state index is 0.283. The fraction of sp³-hybridized carbons (Fsp3) is 0.636.